The summed E-state index contributed by atoms with van der Waals surface area (Å²) >= 11 is 0. The van der Waals surface area contributed by atoms with Crippen LogP contribution in [-0.2, 0) is 14.3 Å². The van der Waals surface area contributed by atoms with Crippen LogP contribution in [0.4, 0.5) is 11.4 Å². The lowest BCUT2D eigenvalue weighted by molar-refractivity contribution is -0.123. The van der Waals surface area contributed by atoms with Crippen molar-refractivity contribution in [3.8, 4) is 0 Å². The first-order valence-corrected chi connectivity index (χ1v) is 8.76. The van der Waals surface area contributed by atoms with Crippen LogP contribution in [0.3, 0.4) is 0 Å². The third-order valence-corrected chi connectivity index (χ3v) is 3.99. The van der Waals surface area contributed by atoms with E-state index in [0.29, 0.717) is 22.3 Å². The fraction of sp³-hybridized carbons (Fsp3) is 0.143. The van der Waals surface area contributed by atoms with Crippen molar-refractivity contribution in [3.63, 3.8) is 0 Å². The van der Waals surface area contributed by atoms with Gasteiger partial charge >= 0.3 is 11.6 Å². The molecule has 0 aliphatic heterocycles. The first-order chi connectivity index (χ1) is 13.8. The maximum Gasteiger partial charge on any atom is 0.351 e. The minimum atomic E-state index is -1.15. The van der Waals surface area contributed by atoms with Gasteiger partial charge < -0.3 is 19.8 Å². The van der Waals surface area contributed by atoms with Gasteiger partial charge in [-0.3, -0.25) is 9.59 Å². The summed E-state index contributed by atoms with van der Waals surface area (Å²) in [4.78, 5) is 47.7. The van der Waals surface area contributed by atoms with Crippen molar-refractivity contribution in [1.29, 1.82) is 0 Å². The highest BCUT2D eigenvalue weighted by Crippen LogP contribution is 2.15. The molecule has 0 saturated heterocycles. The van der Waals surface area contributed by atoms with Gasteiger partial charge in [0.15, 0.2) is 6.10 Å². The van der Waals surface area contributed by atoms with Gasteiger partial charge in [-0.1, -0.05) is 18.2 Å². The normalized spacial score (nSPS) is 11.5. The zero-order chi connectivity index (χ0) is 21.0. The molecule has 148 valence electrons. The van der Waals surface area contributed by atoms with Crippen LogP contribution in [0.1, 0.15) is 24.2 Å². The molecule has 0 aliphatic carbocycles. The number of hydrogen-bond acceptors (Lipinski definition) is 6. The second-order valence-electron chi connectivity index (χ2n) is 6.28. The second kappa shape index (κ2) is 8.39. The molecule has 0 fully saturated rings. The predicted octanol–water partition coefficient (Wildman–Crippen LogP) is 2.94. The summed E-state index contributed by atoms with van der Waals surface area (Å²) in [5, 5.41) is 5.77. The molecule has 1 atom stereocenters. The van der Waals surface area contributed by atoms with E-state index >= 15 is 0 Å². The first-order valence-electron chi connectivity index (χ1n) is 8.76. The molecular formula is C21H18N2O6. The van der Waals surface area contributed by atoms with Crippen LogP contribution in [0.25, 0.3) is 11.0 Å². The number of para-hydroxylation sites is 1. The monoisotopic (exact) mass is 394 g/mol. The molecule has 0 aliphatic rings. The number of carbonyl (C=O) groups is 3. The predicted molar refractivity (Wildman–Crippen MR) is 107 cm³/mol. The molecule has 0 bridgehead atoms. The topological polar surface area (TPSA) is 115 Å². The number of anilines is 2. The number of esters is 1. The summed E-state index contributed by atoms with van der Waals surface area (Å²) in [6.07, 6.45) is -1.15. The van der Waals surface area contributed by atoms with Crippen LogP contribution in [0.5, 0.6) is 0 Å². The zero-order valence-electron chi connectivity index (χ0n) is 15.7. The van der Waals surface area contributed by atoms with Gasteiger partial charge in [0.25, 0.3) is 5.91 Å². The highest BCUT2D eigenvalue weighted by molar-refractivity contribution is 5.98. The van der Waals surface area contributed by atoms with Crippen LogP contribution in [0.15, 0.2) is 63.8 Å². The average molecular weight is 394 g/mol. The summed E-state index contributed by atoms with van der Waals surface area (Å²) in [7, 11) is 0. The molecule has 2 aromatic carbocycles. The van der Waals surface area contributed by atoms with E-state index in [0.717, 1.165) is 0 Å². The zero-order valence-corrected chi connectivity index (χ0v) is 15.7. The average Bonchev–Trinajstić information content (AvgIpc) is 2.68. The van der Waals surface area contributed by atoms with E-state index in [-0.39, 0.29) is 11.5 Å². The van der Waals surface area contributed by atoms with Crippen LogP contribution in [-0.4, -0.2) is 23.9 Å². The summed E-state index contributed by atoms with van der Waals surface area (Å²) in [6.45, 7) is 2.78. The molecule has 8 heteroatoms. The minimum absolute atomic E-state index is 0.208. The smallest absolute Gasteiger partial charge is 0.351 e. The lowest BCUT2D eigenvalue weighted by Gasteiger charge is -2.13. The van der Waals surface area contributed by atoms with Crippen LogP contribution < -0.4 is 16.3 Å². The number of rotatable bonds is 5. The molecule has 3 rings (SSSR count). The van der Waals surface area contributed by atoms with Crippen LogP contribution in [0, 0.1) is 0 Å². The molecule has 8 nitrogen and oxygen atoms in total. The van der Waals surface area contributed by atoms with Gasteiger partial charge in [-0.2, -0.15) is 0 Å². The van der Waals surface area contributed by atoms with Gasteiger partial charge in [0, 0.05) is 23.7 Å². The van der Waals surface area contributed by atoms with Crippen molar-refractivity contribution in [3.05, 3.63) is 70.6 Å². The molecule has 0 saturated carbocycles. The first kappa shape index (κ1) is 19.8. The van der Waals surface area contributed by atoms with Gasteiger partial charge in [0.05, 0.1) is 0 Å². The molecule has 2 amide bonds. The van der Waals surface area contributed by atoms with Crippen molar-refractivity contribution in [1.82, 2.24) is 0 Å². The van der Waals surface area contributed by atoms with Crippen LogP contribution in [0.2, 0.25) is 0 Å². The third kappa shape index (κ3) is 4.86. The van der Waals surface area contributed by atoms with E-state index in [4.69, 9.17) is 9.15 Å². The number of ether oxygens (including phenoxy) is 1. The Bertz CT molecular complexity index is 1130. The number of carbonyl (C=O) groups excluding carboxylic acids is 3. The number of amides is 2. The molecule has 0 spiro atoms. The van der Waals surface area contributed by atoms with E-state index in [1.165, 1.54) is 19.9 Å². The molecule has 0 unspecified atom stereocenters. The van der Waals surface area contributed by atoms with Crippen LogP contribution >= 0.6 is 0 Å². The Kier molecular flexibility index (Phi) is 5.73. The Labute approximate surface area is 165 Å². The van der Waals surface area contributed by atoms with Crippen molar-refractivity contribution in [2.45, 2.75) is 20.0 Å². The summed E-state index contributed by atoms with van der Waals surface area (Å²) in [5.41, 5.74) is 0.260. The van der Waals surface area contributed by atoms with Gasteiger partial charge in [-0.25, -0.2) is 9.59 Å². The van der Waals surface area contributed by atoms with Crippen molar-refractivity contribution >= 4 is 40.1 Å². The Morgan fingerprint density at radius 1 is 0.966 bits per heavy atom. The molecule has 0 radical (unpaired) electrons. The summed E-state index contributed by atoms with van der Waals surface area (Å²) in [5.74, 6) is -1.73. The van der Waals surface area contributed by atoms with E-state index in [1.807, 2.05) is 0 Å². The molecular weight excluding hydrogens is 376 g/mol. The van der Waals surface area contributed by atoms with E-state index in [2.05, 4.69) is 10.6 Å². The van der Waals surface area contributed by atoms with Crippen molar-refractivity contribution in [2.24, 2.45) is 0 Å². The summed E-state index contributed by atoms with van der Waals surface area (Å²) in [6, 6.07) is 14.5. The number of nitrogens with one attached hydrogen (secondary N) is 2. The standard InChI is InChI=1S/C21H18N2O6/c1-12(19(25)23-16-9-7-15(8-10-16)22-13(2)24)28-20(26)17-11-14-5-3-4-6-18(14)29-21(17)27/h3-12H,1-2H3,(H,22,24)(H,23,25)/t12-/m1/s1. The second-order valence-corrected chi connectivity index (χ2v) is 6.28. The molecule has 3 aromatic rings. The Hall–Kier alpha value is -3.94. The Morgan fingerprint density at radius 2 is 1.59 bits per heavy atom. The summed E-state index contributed by atoms with van der Waals surface area (Å²) < 4.78 is 10.2. The lowest BCUT2D eigenvalue weighted by Crippen LogP contribution is -2.31. The maximum atomic E-state index is 12.3. The fourth-order valence-corrected chi connectivity index (χ4v) is 2.57. The lowest BCUT2D eigenvalue weighted by atomic mass is 10.2. The van der Waals surface area contributed by atoms with Crippen molar-refractivity contribution in [2.75, 3.05) is 10.6 Å². The number of benzene rings is 2. The van der Waals surface area contributed by atoms with Gasteiger partial charge in [-0.05, 0) is 43.3 Å². The van der Waals surface area contributed by atoms with E-state index < -0.39 is 23.6 Å². The number of hydrogen-bond donors (Lipinski definition) is 2. The Morgan fingerprint density at radius 3 is 2.24 bits per heavy atom. The SMILES string of the molecule is CC(=O)Nc1ccc(NC(=O)[C@@H](C)OC(=O)c2cc3ccccc3oc2=O)cc1. The molecule has 1 aromatic heterocycles. The van der Waals surface area contributed by atoms with Gasteiger partial charge in [-0.15, -0.1) is 0 Å². The third-order valence-electron chi connectivity index (χ3n) is 3.99. The van der Waals surface area contributed by atoms with E-state index in [9.17, 15) is 19.2 Å². The maximum absolute atomic E-state index is 12.3. The fourth-order valence-electron chi connectivity index (χ4n) is 2.57. The van der Waals surface area contributed by atoms with E-state index in [1.54, 1.807) is 48.5 Å². The highest BCUT2D eigenvalue weighted by Gasteiger charge is 2.22. The molecule has 2 N–H and O–H groups in total. The largest absolute Gasteiger partial charge is 0.449 e. The highest BCUT2D eigenvalue weighted by atomic mass is 16.5. The van der Waals surface area contributed by atoms with Gasteiger partial charge in [0.1, 0.15) is 11.1 Å². The number of fused-ring (bicyclic) bond motifs is 1. The molecule has 1 heterocycles. The molecule has 29 heavy (non-hydrogen) atoms. The minimum Gasteiger partial charge on any atom is -0.449 e. The Balaban J connectivity index is 1.66. The van der Waals surface area contributed by atoms with Gasteiger partial charge in [0.2, 0.25) is 5.91 Å². The quantitative estimate of drug-likeness (QED) is 0.508. The van der Waals surface area contributed by atoms with Crippen molar-refractivity contribution < 1.29 is 23.5 Å².